The molecule has 7 nitrogen and oxygen atoms in total. The van der Waals surface area contributed by atoms with Crippen molar-refractivity contribution < 1.29 is 19.2 Å². The molecule has 2 N–H and O–H groups in total. The number of benzene rings is 2. The number of carbonyl (C=O) groups is 2. The van der Waals surface area contributed by atoms with Crippen LogP contribution < -0.4 is 15.6 Å². The molecule has 2 amide bonds. The van der Waals surface area contributed by atoms with Crippen molar-refractivity contribution >= 4 is 52.3 Å². The summed E-state index contributed by atoms with van der Waals surface area (Å²) in [5.41, 5.74) is 6.01. The van der Waals surface area contributed by atoms with Crippen LogP contribution in [0.3, 0.4) is 0 Å². The molecule has 1 fully saturated rings. The van der Waals surface area contributed by atoms with Crippen LogP contribution in [0, 0.1) is 5.41 Å². The van der Waals surface area contributed by atoms with Crippen LogP contribution in [-0.4, -0.2) is 30.1 Å². The van der Waals surface area contributed by atoms with Gasteiger partial charge < -0.3 is 4.74 Å². The van der Waals surface area contributed by atoms with Crippen LogP contribution in [0.4, 0.5) is 5.69 Å². The molecule has 1 aliphatic rings. The highest BCUT2D eigenvalue weighted by Crippen LogP contribution is 2.30. The summed E-state index contributed by atoms with van der Waals surface area (Å²) in [6.45, 7) is 3.99. The fraction of sp³-hybridized carbons (Fsp3) is 0.300. The smallest absolute Gasteiger partial charge is 0.276 e. The molecule has 0 spiro atoms. The topological polar surface area (TPSA) is 79.9 Å². The van der Waals surface area contributed by atoms with Gasteiger partial charge in [-0.2, -0.15) is 0 Å². The Morgan fingerprint density at radius 2 is 1.93 bits per heavy atom. The van der Waals surface area contributed by atoms with Crippen LogP contribution in [0.2, 0.25) is 15.1 Å². The van der Waals surface area contributed by atoms with Crippen molar-refractivity contribution in [3.63, 3.8) is 0 Å². The molecule has 160 valence electrons. The monoisotopic (exact) mass is 471 g/mol. The summed E-state index contributed by atoms with van der Waals surface area (Å²) in [6, 6.07) is 9.84. The maximum Gasteiger partial charge on any atom is 0.276 e. The van der Waals surface area contributed by atoms with E-state index in [1.807, 2.05) is 13.8 Å². The number of carbonyl (C=O) groups excluding carboxylic acids is 2. The first-order valence-electron chi connectivity index (χ1n) is 9.02. The lowest BCUT2D eigenvalue weighted by Gasteiger charge is -2.18. The number of halogens is 3. The zero-order chi connectivity index (χ0) is 21.9. The SMILES string of the molecule is CC1(C)CON(Cc2ccc(NNC(=O)COc3ccc(Cl)cc3Cl)cc2Cl)C1=O. The lowest BCUT2D eigenvalue weighted by Crippen LogP contribution is -2.33. The third-order valence-electron chi connectivity index (χ3n) is 4.35. The number of nitrogens with zero attached hydrogens (tertiary/aromatic N) is 1. The Balaban J connectivity index is 1.50. The van der Waals surface area contributed by atoms with Crippen molar-refractivity contribution in [2.75, 3.05) is 18.6 Å². The largest absolute Gasteiger partial charge is 0.482 e. The zero-order valence-electron chi connectivity index (χ0n) is 16.3. The van der Waals surface area contributed by atoms with Gasteiger partial charge >= 0.3 is 0 Å². The Labute approximate surface area is 189 Å². The third-order valence-corrected chi connectivity index (χ3v) is 5.23. The molecule has 2 aromatic carbocycles. The average molecular weight is 473 g/mol. The van der Waals surface area contributed by atoms with Crippen LogP contribution in [0.5, 0.6) is 5.75 Å². The molecule has 0 bridgehead atoms. The first kappa shape index (κ1) is 22.5. The number of hydrogen-bond acceptors (Lipinski definition) is 5. The summed E-state index contributed by atoms with van der Waals surface area (Å²) < 4.78 is 5.37. The molecule has 0 radical (unpaired) electrons. The number of rotatable bonds is 7. The van der Waals surface area contributed by atoms with Crippen LogP contribution in [0.25, 0.3) is 0 Å². The standard InChI is InChI=1S/C20H20Cl3N3O4/c1-20(2)11-30-26(19(20)28)9-12-3-5-14(8-15(12)22)24-25-18(27)10-29-17-6-4-13(21)7-16(17)23/h3-8,24H,9-11H2,1-2H3,(H,25,27). The summed E-state index contributed by atoms with van der Waals surface area (Å²) in [5, 5.41) is 2.53. The Hall–Kier alpha value is -2.19. The first-order valence-corrected chi connectivity index (χ1v) is 10.1. The van der Waals surface area contributed by atoms with Gasteiger partial charge in [-0.25, -0.2) is 5.06 Å². The number of amides is 2. The molecule has 0 atom stereocenters. The van der Waals surface area contributed by atoms with E-state index in [0.29, 0.717) is 33.1 Å². The number of hydrazine groups is 1. The van der Waals surface area contributed by atoms with Crippen LogP contribution >= 0.6 is 34.8 Å². The van der Waals surface area contributed by atoms with Crippen molar-refractivity contribution in [2.24, 2.45) is 5.41 Å². The van der Waals surface area contributed by atoms with Crippen molar-refractivity contribution in [1.29, 1.82) is 0 Å². The van der Waals surface area contributed by atoms with Crippen LogP contribution in [0.1, 0.15) is 19.4 Å². The van der Waals surface area contributed by atoms with Crippen LogP contribution in [-0.2, 0) is 21.0 Å². The minimum atomic E-state index is -0.545. The maximum atomic E-state index is 12.3. The Morgan fingerprint density at radius 3 is 2.57 bits per heavy atom. The maximum absolute atomic E-state index is 12.3. The number of hydroxylamine groups is 2. The molecule has 30 heavy (non-hydrogen) atoms. The second-order valence-electron chi connectivity index (χ2n) is 7.34. The zero-order valence-corrected chi connectivity index (χ0v) is 18.6. The Kier molecular flexibility index (Phi) is 6.98. The molecule has 2 aromatic rings. The fourth-order valence-corrected chi connectivity index (χ4v) is 3.34. The van der Waals surface area contributed by atoms with Crippen molar-refractivity contribution in [1.82, 2.24) is 10.5 Å². The molecule has 1 aliphatic heterocycles. The first-order chi connectivity index (χ1) is 14.2. The summed E-state index contributed by atoms with van der Waals surface area (Å²) in [4.78, 5) is 29.7. The average Bonchev–Trinajstić information content (AvgIpc) is 2.94. The predicted octanol–water partition coefficient (Wildman–Crippen LogP) is 4.47. The van der Waals surface area contributed by atoms with Crippen LogP contribution in [0.15, 0.2) is 36.4 Å². The van der Waals surface area contributed by atoms with Gasteiger partial charge in [0.05, 0.1) is 29.3 Å². The molecule has 3 rings (SSSR count). The fourth-order valence-electron chi connectivity index (χ4n) is 2.64. The van der Waals surface area contributed by atoms with E-state index >= 15 is 0 Å². The van der Waals surface area contributed by atoms with Gasteiger partial charge in [0.15, 0.2) is 6.61 Å². The lowest BCUT2D eigenvalue weighted by atomic mass is 9.95. The normalized spacial score (nSPS) is 15.2. The molecule has 0 aliphatic carbocycles. The second-order valence-corrected chi connectivity index (χ2v) is 8.59. The molecular formula is C20H20Cl3N3O4. The van der Waals surface area contributed by atoms with Gasteiger partial charge in [0.1, 0.15) is 5.75 Å². The quantitative estimate of drug-likeness (QED) is 0.581. The molecule has 0 saturated carbocycles. The minimum absolute atomic E-state index is 0.0891. The Bertz CT molecular complexity index is 968. The highest BCUT2D eigenvalue weighted by molar-refractivity contribution is 6.35. The summed E-state index contributed by atoms with van der Waals surface area (Å²) in [7, 11) is 0. The van der Waals surface area contributed by atoms with E-state index in [1.165, 1.54) is 11.1 Å². The van der Waals surface area contributed by atoms with Gasteiger partial charge in [-0.3, -0.25) is 25.3 Å². The number of hydrogen-bond donors (Lipinski definition) is 2. The van der Waals surface area contributed by atoms with E-state index in [9.17, 15) is 9.59 Å². The molecule has 0 unspecified atom stereocenters. The Morgan fingerprint density at radius 1 is 1.17 bits per heavy atom. The highest BCUT2D eigenvalue weighted by Gasteiger charge is 2.40. The van der Waals surface area contributed by atoms with E-state index < -0.39 is 11.3 Å². The molecule has 0 aromatic heterocycles. The molecule has 1 heterocycles. The van der Waals surface area contributed by atoms with Crippen molar-refractivity contribution in [3.8, 4) is 5.75 Å². The molecule has 10 heteroatoms. The second kappa shape index (κ2) is 9.31. The van der Waals surface area contributed by atoms with Gasteiger partial charge in [0.25, 0.3) is 11.8 Å². The summed E-state index contributed by atoms with van der Waals surface area (Å²) in [5.74, 6) is -0.154. The molecule has 1 saturated heterocycles. The lowest BCUT2D eigenvalue weighted by molar-refractivity contribution is -0.165. The number of nitrogens with one attached hydrogen (secondary N) is 2. The minimum Gasteiger partial charge on any atom is -0.482 e. The summed E-state index contributed by atoms with van der Waals surface area (Å²) >= 11 is 18.1. The van der Waals surface area contributed by atoms with E-state index in [-0.39, 0.29) is 19.1 Å². The van der Waals surface area contributed by atoms with E-state index in [1.54, 1.807) is 30.3 Å². The van der Waals surface area contributed by atoms with E-state index in [2.05, 4.69) is 10.9 Å². The van der Waals surface area contributed by atoms with Crippen molar-refractivity contribution in [3.05, 3.63) is 57.0 Å². The van der Waals surface area contributed by atoms with Gasteiger partial charge in [0, 0.05) is 10.0 Å². The van der Waals surface area contributed by atoms with Gasteiger partial charge in [-0.15, -0.1) is 0 Å². The van der Waals surface area contributed by atoms with Crippen molar-refractivity contribution in [2.45, 2.75) is 20.4 Å². The van der Waals surface area contributed by atoms with E-state index in [0.717, 1.165) is 5.56 Å². The summed E-state index contributed by atoms with van der Waals surface area (Å²) in [6.07, 6.45) is 0. The van der Waals surface area contributed by atoms with Gasteiger partial charge in [-0.1, -0.05) is 40.9 Å². The number of anilines is 1. The number of ether oxygens (including phenoxy) is 1. The van der Waals surface area contributed by atoms with E-state index in [4.69, 9.17) is 44.4 Å². The highest BCUT2D eigenvalue weighted by atomic mass is 35.5. The van der Waals surface area contributed by atoms with Gasteiger partial charge in [0.2, 0.25) is 0 Å². The molecular weight excluding hydrogens is 453 g/mol. The van der Waals surface area contributed by atoms with Gasteiger partial charge in [-0.05, 0) is 49.7 Å². The third kappa shape index (κ3) is 5.49. The predicted molar refractivity (Wildman–Crippen MR) is 115 cm³/mol.